The number of hydrogen-bond donors (Lipinski definition) is 1. The number of nitrogens with zero attached hydrogens (tertiary/aromatic N) is 2. The zero-order valence-electron chi connectivity index (χ0n) is 14.6. The zero-order chi connectivity index (χ0) is 21.0. The van der Waals surface area contributed by atoms with Gasteiger partial charge in [0.25, 0.3) is 5.91 Å². The van der Waals surface area contributed by atoms with Gasteiger partial charge in [-0.3, -0.25) is 4.79 Å². The summed E-state index contributed by atoms with van der Waals surface area (Å²) in [7, 11) is 0. The molecule has 0 unspecified atom stereocenters. The van der Waals surface area contributed by atoms with Crippen molar-refractivity contribution in [3.63, 3.8) is 0 Å². The largest absolute Gasteiger partial charge is 0.452 e. The zero-order valence-corrected chi connectivity index (χ0v) is 15.4. The highest BCUT2D eigenvalue weighted by atomic mass is 35.5. The van der Waals surface area contributed by atoms with E-state index in [0.717, 1.165) is 5.69 Å². The van der Waals surface area contributed by atoms with Crippen LogP contribution in [0.25, 0.3) is 5.69 Å². The number of rotatable bonds is 5. The number of carbonyl (C=O) groups is 2. The molecule has 0 aliphatic heterocycles. The van der Waals surface area contributed by atoms with Gasteiger partial charge in [-0.25, -0.2) is 9.78 Å². The number of pyridine rings is 1. The van der Waals surface area contributed by atoms with Gasteiger partial charge in [-0.15, -0.1) is 0 Å². The summed E-state index contributed by atoms with van der Waals surface area (Å²) in [5.74, 6) is -1.79. The maximum atomic E-state index is 12.6. The molecule has 29 heavy (non-hydrogen) atoms. The number of amides is 1. The van der Waals surface area contributed by atoms with Crippen molar-refractivity contribution < 1.29 is 27.5 Å². The highest BCUT2D eigenvalue weighted by molar-refractivity contribution is 6.33. The summed E-state index contributed by atoms with van der Waals surface area (Å²) in [6.45, 7) is -0.656. The first-order chi connectivity index (χ1) is 13.7. The Morgan fingerprint density at radius 2 is 1.79 bits per heavy atom. The van der Waals surface area contributed by atoms with E-state index in [-0.39, 0.29) is 16.4 Å². The molecule has 6 nitrogen and oxygen atoms in total. The number of anilines is 1. The molecule has 0 fully saturated rings. The van der Waals surface area contributed by atoms with Gasteiger partial charge < -0.3 is 14.6 Å². The summed E-state index contributed by atoms with van der Waals surface area (Å²) in [6.07, 6.45) is -0.373. The van der Waals surface area contributed by atoms with Crippen LogP contribution >= 0.6 is 11.6 Å². The Bertz CT molecular complexity index is 1020. The van der Waals surface area contributed by atoms with Gasteiger partial charge in [0.15, 0.2) is 12.4 Å². The summed E-state index contributed by atoms with van der Waals surface area (Å²) < 4.78 is 44.5. The Morgan fingerprint density at radius 1 is 1.14 bits per heavy atom. The molecule has 0 saturated carbocycles. The Kier molecular flexibility index (Phi) is 5.88. The maximum absolute atomic E-state index is 12.6. The summed E-state index contributed by atoms with van der Waals surface area (Å²) in [5.41, 5.74) is 0.0296. The van der Waals surface area contributed by atoms with Crippen LogP contribution < -0.4 is 5.32 Å². The third-order valence-corrected chi connectivity index (χ3v) is 4.05. The first-order valence-corrected chi connectivity index (χ1v) is 8.55. The van der Waals surface area contributed by atoms with Gasteiger partial charge >= 0.3 is 12.1 Å². The van der Waals surface area contributed by atoms with Crippen LogP contribution in [0.3, 0.4) is 0 Å². The SMILES string of the molecule is O=C(COC(=O)c1ccc(-n2cccc2)cc1)Nc1ncc(C(F)(F)F)cc1Cl. The molecule has 0 spiro atoms. The predicted octanol–water partition coefficient (Wildman–Crippen LogP) is 4.34. The molecule has 1 aromatic carbocycles. The number of carbonyl (C=O) groups excluding carboxylic acids is 2. The van der Waals surface area contributed by atoms with Crippen LogP contribution in [0.5, 0.6) is 0 Å². The monoisotopic (exact) mass is 423 g/mol. The second kappa shape index (κ2) is 8.36. The van der Waals surface area contributed by atoms with Crippen molar-refractivity contribution in [2.24, 2.45) is 0 Å². The summed E-state index contributed by atoms with van der Waals surface area (Å²) in [6, 6.07) is 10.9. The van der Waals surface area contributed by atoms with Crippen LogP contribution in [-0.2, 0) is 15.7 Å². The number of benzene rings is 1. The average Bonchev–Trinajstić information content (AvgIpc) is 3.22. The van der Waals surface area contributed by atoms with Crippen LogP contribution in [0.4, 0.5) is 19.0 Å². The number of nitrogens with one attached hydrogen (secondary N) is 1. The molecule has 2 aromatic heterocycles. The molecule has 150 valence electrons. The Labute approximate surface area is 167 Å². The van der Waals surface area contributed by atoms with E-state index in [2.05, 4.69) is 10.3 Å². The molecule has 0 bridgehead atoms. The Balaban J connectivity index is 1.56. The highest BCUT2D eigenvalue weighted by Gasteiger charge is 2.31. The number of ether oxygens (including phenoxy) is 1. The van der Waals surface area contributed by atoms with Crippen molar-refractivity contribution in [1.82, 2.24) is 9.55 Å². The van der Waals surface area contributed by atoms with Crippen molar-refractivity contribution >= 4 is 29.3 Å². The standard InChI is InChI=1S/C19H13ClF3N3O3/c20-15-9-13(19(21,22)23)10-24-17(15)25-16(27)11-29-18(28)12-3-5-14(6-4-12)26-7-1-2-8-26/h1-10H,11H2,(H,24,25,27). The van der Waals surface area contributed by atoms with E-state index in [4.69, 9.17) is 16.3 Å². The van der Waals surface area contributed by atoms with Crippen LogP contribution in [0, 0.1) is 0 Å². The molecule has 10 heteroatoms. The molecule has 3 aromatic rings. The topological polar surface area (TPSA) is 73.2 Å². The van der Waals surface area contributed by atoms with E-state index in [0.29, 0.717) is 12.3 Å². The molecule has 0 saturated heterocycles. The van der Waals surface area contributed by atoms with E-state index < -0.39 is 30.2 Å². The number of esters is 1. The fourth-order valence-electron chi connectivity index (χ4n) is 2.34. The molecule has 0 atom stereocenters. The number of hydrogen-bond acceptors (Lipinski definition) is 4. The van der Waals surface area contributed by atoms with Crippen molar-refractivity contribution in [3.8, 4) is 5.69 Å². The van der Waals surface area contributed by atoms with Crippen LogP contribution in [-0.4, -0.2) is 28.0 Å². The van der Waals surface area contributed by atoms with Crippen LogP contribution in [0.2, 0.25) is 5.02 Å². The van der Waals surface area contributed by atoms with Gasteiger partial charge in [-0.05, 0) is 42.5 Å². The minimum atomic E-state index is -4.61. The van der Waals surface area contributed by atoms with Gasteiger partial charge in [0.2, 0.25) is 0 Å². The number of alkyl halides is 3. The molecule has 1 N–H and O–H groups in total. The normalized spacial score (nSPS) is 11.2. The molecule has 0 radical (unpaired) electrons. The Hall–Kier alpha value is -3.33. The van der Waals surface area contributed by atoms with E-state index in [1.807, 2.05) is 29.1 Å². The van der Waals surface area contributed by atoms with E-state index in [1.165, 1.54) is 0 Å². The summed E-state index contributed by atoms with van der Waals surface area (Å²) in [5, 5.41) is 1.80. The molecule has 1 amide bonds. The second-order valence-electron chi connectivity index (χ2n) is 5.81. The molecule has 2 heterocycles. The van der Waals surface area contributed by atoms with Crippen LogP contribution in [0.15, 0.2) is 61.1 Å². The summed E-state index contributed by atoms with van der Waals surface area (Å²) >= 11 is 5.71. The van der Waals surface area contributed by atoms with Gasteiger partial charge in [-0.2, -0.15) is 13.2 Å². The van der Waals surface area contributed by atoms with Crippen LogP contribution in [0.1, 0.15) is 15.9 Å². The Morgan fingerprint density at radius 3 is 2.38 bits per heavy atom. The lowest BCUT2D eigenvalue weighted by atomic mass is 10.2. The smallest absolute Gasteiger partial charge is 0.417 e. The minimum Gasteiger partial charge on any atom is -0.452 e. The number of aromatic nitrogens is 2. The van der Waals surface area contributed by atoms with Crippen molar-refractivity contribution in [2.45, 2.75) is 6.18 Å². The first kappa shape index (κ1) is 20.4. The van der Waals surface area contributed by atoms with Gasteiger partial charge in [0, 0.05) is 24.3 Å². The lowest BCUT2D eigenvalue weighted by Gasteiger charge is -2.10. The second-order valence-corrected chi connectivity index (χ2v) is 6.22. The van der Waals surface area contributed by atoms with Gasteiger partial charge in [0.1, 0.15) is 0 Å². The molecule has 3 rings (SSSR count). The molecule has 0 aliphatic rings. The van der Waals surface area contributed by atoms with Crippen molar-refractivity contribution in [1.29, 1.82) is 0 Å². The van der Waals surface area contributed by atoms with Gasteiger partial charge in [0.05, 0.1) is 16.1 Å². The minimum absolute atomic E-state index is 0.236. The van der Waals surface area contributed by atoms with Gasteiger partial charge in [-0.1, -0.05) is 11.6 Å². The molecule has 0 aliphatic carbocycles. The maximum Gasteiger partial charge on any atom is 0.417 e. The third kappa shape index (κ3) is 5.14. The fraction of sp³-hybridized carbons (Fsp3) is 0.105. The lowest BCUT2D eigenvalue weighted by Crippen LogP contribution is -2.22. The summed E-state index contributed by atoms with van der Waals surface area (Å²) in [4.78, 5) is 27.4. The van der Waals surface area contributed by atoms with E-state index in [1.54, 1.807) is 24.3 Å². The average molecular weight is 424 g/mol. The molecular weight excluding hydrogens is 411 g/mol. The van der Waals surface area contributed by atoms with Crippen molar-refractivity contribution in [2.75, 3.05) is 11.9 Å². The predicted molar refractivity (Wildman–Crippen MR) is 98.9 cm³/mol. The number of halogens is 4. The van der Waals surface area contributed by atoms with E-state index in [9.17, 15) is 22.8 Å². The lowest BCUT2D eigenvalue weighted by molar-refractivity contribution is -0.137. The first-order valence-electron chi connectivity index (χ1n) is 8.17. The highest BCUT2D eigenvalue weighted by Crippen LogP contribution is 2.32. The third-order valence-electron chi connectivity index (χ3n) is 3.77. The van der Waals surface area contributed by atoms with Crippen molar-refractivity contribution in [3.05, 3.63) is 77.2 Å². The van der Waals surface area contributed by atoms with E-state index >= 15 is 0 Å². The fourth-order valence-corrected chi connectivity index (χ4v) is 2.56. The molecular formula is C19H13ClF3N3O3. The quantitative estimate of drug-likeness (QED) is 0.619.